The molecule has 0 saturated carbocycles. The maximum atomic E-state index is 13.7. The lowest BCUT2D eigenvalue weighted by Gasteiger charge is -2.42. The fraction of sp³-hybridized carbons (Fsp3) is 0.480. The van der Waals surface area contributed by atoms with E-state index in [-0.39, 0.29) is 30.8 Å². The molecule has 12 heteroatoms. The molecule has 2 amide bonds. The van der Waals surface area contributed by atoms with Crippen LogP contribution in [0.15, 0.2) is 36.4 Å². The molecule has 2 atom stereocenters. The summed E-state index contributed by atoms with van der Waals surface area (Å²) in [7, 11) is 1.29. The smallest absolute Gasteiger partial charge is 0.323 e. The highest BCUT2D eigenvalue weighted by atomic mass is 19.4. The summed E-state index contributed by atoms with van der Waals surface area (Å²) in [5.74, 6) is -0.468. The Morgan fingerprint density at radius 3 is 2.22 bits per heavy atom. The van der Waals surface area contributed by atoms with Crippen LogP contribution in [0.25, 0.3) is 0 Å². The third kappa shape index (κ3) is 7.12. The average Bonchev–Trinajstić information content (AvgIpc) is 2.81. The molecule has 4 nitrogen and oxygen atoms in total. The number of nitrogens with one attached hydrogen (secondary N) is 1. The van der Waals surface area contributed by atoms with E-state index in [1.807, 2.05) is 0 Å². The summed E-state index contributed by atoms with van der Waals surface area (Å²) in [4.78, 5) is 15.9. The minimum Gasteiger partial charge on any atom is -0.323 e. The normalized spacial score (nSPS) is 18.7. The number of likely N-dealkylation sites (tertiary alicyclic amines) is 1. The number of carbonyl (C=O) groups excluding carboxylic acids is 1. The first-order chi connectivity index (χ1) is 17.2. The summed E-state index contributed by atoms with van der Waals surface area (Å²) in [6.45, 7) is 0.903. The van der Waals surface area contributed by atoms with Gasteiger partial charge >= 0.3 is 18.4 Å². The number of urea groups is 1. The molecule has 204 valence electrons. The van der Waals surface area contributed by atoms with Crippen molar-refractivity contribution in [2.45, 2.75) is 50.7 Å². The van der Waals surface area contributed by atoms with Crippen molar-refractivity contribution >= 4 is 6.03 Å². The summed E-state index contributed by atoms with van der Waals surface area (Å²) in [6, 6.07) is 4.00. The molecule has 1 aliphatic rings. The Morgan fingerprint density at radius 2 is 1.68 bits per heavy atom. The Labute approximate surface area is 209 Å². The van der Waals surface area contributed by atoms with Crippen LogP contribution in [0, 0.1) is 12.7 Å². The van der Waals surface area contributed by atoms with E-state index >= 15 is 0 Å². The van der Waals surface area contributed by atoms with Crippen molar-refractivity contribution < 1.29 is 39.9 Å². The van der Waals surface area contributed by atoms with E-state index in [4.69, 9.17) is 0 Å². The van der Waals surface area contributed by atoms with Crippen LogP contribution in [-0.2, 0) is 18.9 Å². The fourth-order valence-electron chi connectivity index (χ4n) is 4.62. The topological polar surface area (TPSA) is 35.6 Å². The lowest BCUT2D eigenvalue weighted by Crippen LogP contribution is -2.50. The second-order valence-electron chi connectivity index (χ2n) is 9.13. The van der Waals surface area contributed by atoms with Crippen molar-refractivity contribution in [3.63, 3.8) is 0 Å². The lowest BCUT2D eigenvalue weighted by molar-refractivity contribution is -0.143. The quantitative estimate of drug-likeness (QED) is 0.428. The van der Waals surface area contributed by atoms with Gasteiger partial charge in [0.2, 0.25) is 0 Å². The van der Waals surface area contributed by atoms with E-state index in [9.17, 15) is 39.9 Å². The summed E-state index contributed by atoms with van der Waals surface area (Å²) >= 11 is 0. The summed E-state index contributed by atoms with van der Waals surface area (Å²) < 4.78 is 106. The predicted molar refractivity (Wildman–Crippen MR) is 121 cm³/mol. The number of hydrogen-bond donors (Lipinski definition) is 1. The molecule has 1 aliphatic heterocycles. The fourth-order valence-corrected chi connectivity index (χ4v) is 4.62. The van der Waals surface area contributed by atoms with E-state index in [0.717, 1.165) is 4.90 Å². The average molecular weight is 537 g/mol. The molecule has 2 unspecified atom stereocenters. The Bertz CT molecular complexity index is 1070. The first-order valence-corrected chi connectivity index (χ1v) is 11.6. The van der Waals surface area contributed by atoms with E-state index in [1.54, 1.807) is 6.92 Å². The molecule has 3 rings (SSSR count). The van der Waals surface area contributed by atoms with Gasteiger partial charge in [-0.25, -0.2) is 13.6 Å². The first-order valence-electron chi connectivity index (χ1n) is 11.6. The van der Waals surface area contributed by atoms with Gasteiger partial charge in [-0.2, -0.15) is 26.3 Å². The highest BCUT2D eigenvalue weighted by Crippen LogP contribution is 2.37. The minimum absolute atomic E-state index is 0.0356. The van der Waals surface area contributed by atoms with Crippen LogP contribution in [0.4, 0.5) is 39.9 Å². The second-order valence-corrected chi connectivity index (χ2v) is 9.13. The molecule has 1 heterocycles. The largest absolute Gasteiger partial charge is 0.416 e. The van der Waals surface area contributed by atoms with E-state index < -0.39 is 54.6 Å². The van der Waals surface area contributed by atoms with Crippen LogP contribution in [0.3, 0.4) is 0 Å². The summed E-state index contributed by atoms with van der Waals surface area (Å²) in [5.41, 5.74) is -2.03. The van der Waals surface area contributed by atoms with E-state index in [1.165, 1.54) is 30.1 Å². The van der Waals surface area contributed by atoms with Gasteiger partial charge in [-0.1, -0.05) is 6.07 Å². The number of benzene rings is 2. The zero-order chi connectivity index (χ0) is 27.5. The van der Waals surface area contributed by atoms with Crippen molar-refractivity contribution in [1.29, 1.82) is 0 Å². The van der Waals surface area contributed by atoms with Crippen LogP contribution in [0.1, 0.15) is 46.7 Å². The molecule has 0 bridgehead atoms. The van der Waals surface area contributed by atoms with Crippen molar-refractivity contribution in [2.75, 3.05) is 26.8 Å². The SMILES string of the molecule is Cc1cc(F)ccc1C1CC(NCCF)CCN1C(=O)N(C)Cc1cc(C(F)(F)F)cc(C(F)(F)F)c1. The van der Waals surface area contributed by atoms with Crippen molar-refractivity contribution in [2.24, 2.45) is 0 Å². The molecule has 0 spiro atoms. The molecule has 0 aromatic heterocycles. The Morgan fingerprint density at radius 1 is 1.05 bits per heavy atom. The van der Waals surface area contributed by atoms with Gasteiger partial charge in [-0.15, -0.1) is 0 Å². The number of carbonyl (C=O) groups is 1. The summed E-state index contributed by atoms with van der Waals surface area (Å²) in [6.07, 6.45) is -9.18. The zero-order valence-corrected chi connectivity index (χ0v) is 20.2. The number of rotatable bonds is 6. The van der Waals surface area contributed by atoms with Gasteiger partial charge in [-0.05, 0) is 66.8 Å². The molecule has 0 aliphatic carbocycles. The van der Waals surface area contributed by atoms with Crippen molar-refractivity contribution in [3.8, 4) is 0 Å². The second kappa shape index (κ2) is 11.2. The Balaban J connectivity index is 1.89. The maximum absolute atomic E-state index is 13.7. The number of nitrogens with zero attached hydrogens (tertiary/aromatic N) is 2. The van der Waals surface area contributed by atoms with E-state index in [2.05, 4.69) is 5.32 Å². The van der Waals surface area contributed by atoms with Crippen LogP contribution in [0.5, 0.6) is 0 Å². The van der Waals surface area contributed by atoms with Crippen LogP contribution in [0.2, 0.25) is 0 Å². The lowest BCUT2D eigenvalue weighted by atomic mass is 9.89. The number of halogens is 8. The van der Waals surface area contributed by atoms with Crippen molar-refractivity contribution in [1.82, 2.24) is 15.1 Å². The third-order valence-corrected chi connectivity index (χ3v) is 6.36. The number of piperidine rings is 1. The predicted octanol–water partition coefficient (Wildman–Crippen LogP) is 6.49. The molecule has 1 fully saturated rings. The standard InChI is InChI=1S/C25H27F8N3O/c1-15-9-19(27)3-4-21(15)22-13-20(34-7-6-26)5-8-36(22)23(37)35(2)14-16-10-17(24(28,29)30)12-18(11-16)25(31,32)33/h3-4,9-12,20,22,34H,5-8,13-14H2,1-2H3. The monoisotopic (exact) mass is 537 g/mol. The maximum Gasteiger partial charge on any atom is 0.416 e. The van der Waals surface area contributed by atoms with Gasteiger partial charge in [-0.3, -0.25) is 0 Å². The van der Waals surface area contributed by atoms with Gasteiger partial charge in [0, 0.05) is 32.7 Å². The Kier molecular flexibility index (Phi) is 8.71. The van der Waals surface area contributed by atoms with Gasteiger partial charge < -0.3 is 15.1 Å². The Hall–Kier alpha value is -2.89. The zero-order valence-electron chi connectivity index (χ0n) is 20.2. The molecule has 2 aromatic rings. The van der Waals surface area contributed by atoms with Crippen LogP contribution < -0.4 is 5.32 Å². The van der Waals surface area contributed by atoms with Gasteiger partial charge in [0.05, 0.1) is 17.2 Å². The van der Waals surface area contributed by atoms with Crippen LogP contribution >= 0.6 is 0 Å². The first kappa shape index (κ1) is 28.7. The third-order valence-electron chi connectivity index (χ3n) is 6.36. The molecule has 1 saturated heterocycles. The molecular weight excluding hydrogens is 510 g/mol. The van der Waals surface area contributed by atoms with E-state index in [0.29, 0.717) is 36.1 Å². The minimum atomic E-state index is -5.00. The summed E-state index contributed by atoms with van der Waals surface area (Å²) in [5, 5.41) is 3.06. The number of hydrogen-bond acceptors (Lipinski definition) is 2. The molecule has 1 N–H and O–H groups in total. The van der Waals surface area contributed by atoms with Gasteiger partial charge in [0.25, 0.3) is 0 Å². The van der Waals surface area contributed by atoms with Crippen molar-refractivity contribution in [3.05, 3.63) is 70.0 Å². The molecule has 2 aromatic carbocycles. The van der Waals surface area contributed by atoms with Gasteiger partial charge in [0.15, 0.2) is 0 Å². The molecular formula is C25H27F8N3O. The van der Waals surface area contributed by atoms with Crippen LogP contribution in [-0.4, -0.2) is 48.7 Å². The highest BCUT2D eigenvalue weighted by molar-refractivity contribution is 5.75. The number of amides is 2. The number of aryl methyl sites for hydroxylation is 1. The molecule has 37 heavy (non-hydrogen) atoms. The molecule has 0 radical (unpaired) electrons. The van der Waals surface area contributed by atoms with Gasteiger partial charge in [0.1, 0.15) is 12.5 Å². The number of alkyl halides is 7. The highest BCUT2D eigenvalue weighted by Gasteiger charge is 2.38.